The van der Waals surface area contributed by atoms with Gasteiger partial charge in [-0.15, -0.1) is 0 Å². The summed E-state index contributed by atoms with van der Waals surface area (Å²) in [7, 11) is 0. The molecule has 4 aliphatic carbocycles. The first-order valence-corrected chi connectivity index (χ1v) is 9.00. The van der Waals surface area contributed by atoms with Crippen LogP contribution in [0.5, 0.6) is 5.75 Å². The van der Waals surface area contributed by atoms with Crippen molar-refractivity contribution in [1.29, 1.82) is 0 Å². The molecule has 0 unspecified atom stereocenters. The van der Waals surface area contributed by atoms with Crippen LogP contribution < -0.4 is 0 Å². The topological polar surface area (TPSA) is 32.6 Å². The Kier molecular flexibility index (Phi) is 3.06. The standard InChI is InChI=1S/C21H29NO/c1-18-9-19(2)11-20(3,10-18)14-21(12-18,13-19)15-22-8-16-4-6-17(23)7-5-16/h4-8,23H,9-15H2,1-3H3. The number of aliphatic imine (C=N–C) groups is 1. The van der Waals surface area contributed by atoms with Gasteiger partial charge in [0.05, 0.1) is 0 Å². The third-order valence-corrected chi connectivity index (χ3v) is 6.53. The molecule has 2 heteroatoms. The highest BCUT2D eigenvalue weighted by atomic mass is 16.3. The number of phenolic OH excluding ortho intramolecular Hbond substituents is 1. The SMILES string of the molecule is CC12CC3(C)CC(C)(C1)CC(CN=Cc1ccc(O)cc1)(C2)C3. The van der Waals surface area contributed by atoms with Gasteiger partial charge in [-0.2, -0.15) is 0 Å². The molecule has 4 saturated carbocycles. The van der Waals surface area contributed by atoms with E-state index >= 15 is 0 Å². The van der Waals surface area contributed by atoms with E-state index in [0.717, 1.165) is 12.1 Å². The van der Waals surface area contributed by atoms with Crippen molar-refractivity contribution >= 4 is 6.21 Å². The Hall–Kier alpha value is -1.31. The molecule has 0 spiro atoms. The molecule has 23 heavy (non-hydrogen) atoms. The summed E-state index contributed by atoms with van der Waals surface area (Å²) in [6.07, 6.45) is 10.3. The van der Waals surface area contributed by atoms with Crippen LogP contribution in [0.3, 0.4) is 0 Å². The maximum Gasteiger partial charge on any atom is 0.115 e. The van der Waals surface area contributed by atoms with Gasteiger partial charge in [0.1, 0.15) is 5.75 Å². The molecule has 0 aliphatic heterocycles. The summed E-state index contributed by atoms with van der Waals surface area (Å²) in [6.45, 7) is 8.55. The van der Waals surface area contributed by atoms with Crippen LogP contribution in [0.4, 0.5) is 0 Å². The van der Waals surface area contributed by atoms with Gasteiger partial charge in [0, 0.05) is 12.8 Å². The van der Waals surface area contributed by atoms with Gasteiger partial charge in [-0.1, -0.05) is 20.8 Å². The van der Waals surface area contributed by atoms with Crippen LogP contribution in [0.1, 0.15) is 64.9 Å². The predicted octanol–water partition coefficient (Wildman–Crippen LogP) is 5.20. The highest BCUT2D eigenvalue weighted by Gasteiger charge is 2.63. The monoisotopic (exact) mass is 311 g/mol. The van der Waals surface area contributed by atoms with E-state index in [9.17, 15) is 5.11 Å². The average molecular weight is 311 g/mol. The summed E-state index contributed by atoms with van der Waals surface area (Å²) < 4.78 is 0. The van der Waals surface area contributed by atoms with E-state index in [1.165, 1.54) is 38.5 Å². The highest BCUT2D eigenvalue weighted by molar-refractivity contribution is 5.79. The number of hydrogen-bond acceptors (Lipinski definition) is 2. The fourth-order valence-corrected chi connectivity index (χ4v) is 7.63. The summed E-state index contributed by atoms with van der Waals surface area (Å²) in [4.78, 5) is 4.85. The minimum absolute atomic E-state index is 0.317. The zero-order chi connectivity index (χ0) is 16.3. The van der Waals surface area contributed by atoms with Crippen molar-refractivity contribution < 1.29 is 5.11 Å². The molecule has 124 valence electrons. The van der Waals surface area contributed by atoms with Gasteiger partial charge in [0.15, 0.2) is 0 Å². The quantitative estimate of drug-likeness (QED) is 0.765. The average Bonchev–Trinajstić information content (AvgIpc) is 2.35. The Labute approximate surface area is 140 Å². The second kappa shape index (κ2) is 4.62. The predicted molar refractivity (Wildman–Crippen MR) is 95.0 cm³/mol. The van der Waals surface area contributed by atoms with E-state index in [1.54, 1.807) is 12.1 Å². The molecule has 0 heterocycles. The Bertz CT molecular complexity index is 591. The number of rotatable bonds is 3. The summed E-state index contributed by atoms with van der Waals surface area (Å²) in [6, 6.07) is 7.33. The molecule has 1 N–H and O–H groups in total. The van der Waals surface area contributed by atoms with Crippen LogP contribution in [-0.2, 0) is 0 Å². The van der Waals surface area contributed by atoms with E-state index in [2.05, 4.69) is 20.8 Å². The van der Waals surface area contributed by atoms with Crippen LogP contribution in [0.15, 0.2) is 29.3 Å². The van der Waals surface area contributed by atoms with Crippen molar-refractivity contribution in [3.8, 4) is 5.75 Å². The van der Waals surface area contributed by atoms with Crippen molar-refractivity contribution in [1.82, 2.24) is 0 Å². The van der Waals surface area contributed by atoms with Crippen molar-refractivity contribution in [2.75, 3.05) is 6.54 Å². The van der Waals surface area contributed by atoms with E-state index in [-0.39, 0.29) is 0 Å². The van der Waals surface area contributed by atoms with Crippen LogP contribution in [0, 0.1) is 21.7 Å². The molecule has 0 saturated heterocycles. The Morgan fingerprint density at radius 2 is 1.35 bits per heavy atom. The van der Waals surface area contributed by atoms with Crippen LogP contribution >= 0.6 is 0 Å². The fourth-order valence-electron chi connectivity index (χ4n) is 7.63. The molecular formula is C21H29NO. The highest BCUT2D eigenvalue weighted by Crippen LogP contribution is 2.73. The molecule has 1 aromatic carbocycles. The first kappa shape index (κ1) is 15.2. The largest absolute Gasteiger partial charge is 0.508 e. The molecule has 1 aromatic rings. The minimum atomic E-state index is 0.317. The molecule has 0 radical (unpaired) electrons. The second-order valence-corrected chi connectivity index (χ2v) is 10.1. The number of hydrogen-bond donors (Lipinski definition) is 1. The lowest BCUT2D eigenvalue weighted by Crippen LogP contribution is -2.59. The van der Waals surface area contributed by atoms with Gasteiger partial charge >= 0.3 is 0 Å². The van der Waals surface area contributed by atoms with E-state index in [0.29, 0.717) is 27.4 Å². The molecule has 2 nitrogen and oxygen atoms in total. The van der Waals surface area contributed by atoms with Gasteiger partial charge in [0.2, 0.25) is 0 Å². The van der Waals surface area contributed by atoms with E-state index in [1.807, 2.05) is 18.3 Å². The molecule has 0 amide bonds. The van der Waals surface area contributed by atoms with Gasteiger partial charge < -0.3 is 5.11 Å². The molecule has 4 fully saturated rings. The first-order valence-electron chi connectivity index (χ1n) is 9.00. The Balaban J connectivity index is 1.55. The van der Waals surface area contributed by atoms with Crippen molar-refractivity contribution in [2.24, 2.45) is 26.7 Å². The van der Waals surface area contributed by atoms with Crippen LogP contribution in [0.2, 0.25) is 0 Å². The van der Waals surface area contributed by atoms with Crippen molar-refractivity contribution in [2.45, 2.75) is 59.3 Å². The third kappa shape index (κ3) is 2.70. The molecule has 0 atom stereocenters. The normalized spacial score (nSPS) is 45.0. The molecule has 0 aromatic heterocycles. The zero-order valence-electron chi connectivity index (χ0n) is 14.7. The van der Waals surface area contributed by atoms with Crippen LogP contribution in [-0.4, -0.2) is 17.9 Å². The lowest BCUT2D eigenvalue weighted by molar-refractivity contribution is -0.179. The molecular weight excluding hydrogens is 282 g/mol. The summed E-state index contributed by atoms with van der Waals surface area (Å²) in [5.74, 6) is 0.317. The maximum absolute atomic E-state index is 9.38. The summed E-state index contributed by atoms with van der Waals surface area (Å²) in [5.41, 5.74) is 3.10. The lowest BCUT2D eigenvalue weighted by Gasteiger charge is -2.69. The third-order valence-electron chi connectivity index (χ3n) is 6.53. The van der Waals surface area contributed by atoms with Crippen molar-refractivity contribution in [3.05, 3.63) is 29.8 Å². The molecule has 4 bridgehead atoms. The van der Waals surface area contributed by atoms with E-state index < -0.39 is 0 Å². The number of nitrogens with zero attached hydrogens (tertiary/aromatic N) is 1. The Morgan fingerprint density at radius 3 is 1.83 bits per heavy atom. The Morgan fingerprint density at radius 1 is 0.870 bits per heavy atom. The fraction of sp³-hybridized carbons (Fsp3) is 0.667. The summed E-state index contributed by atoms with van der Waals surface area (Å²) >= 11 is 0. The lowest BCUT2D eigenvalue weighted by atomic mass is 9.36. The second-order valence-electron chi connectivity index (χ2n) is 10.1. The van der Waals surface area contributed by atoms with Gasteiger partial charge in [0.25, 0.3) is 0 Å². The van der Waals surface area contributed by atoms with Gasteiger partial charge in [-0.05, 0) is 90.0 Å². The number of phenols is 1. The van der Waals surface area contributed by atoms with Crippen molar-refractivity contribution in [3.63, 3.8) is 0 Å². The maximum atomic E-state index is 9.38. The van der Waals surface area contributed by atoms with E-state index in [4.69, 9.17) is 4.99 Å². The zero-order valence-corrected chi connectivity index (χ0v) is 14.7. The smallest absolute Gasteiger partial charge is 0.115 e. The number of aromatic hydroxyl groups is 1. The summed E-state index contributed by atoms with van der Waals surface area (Å²) in [5, 5.41) is 9.38. The number of benzene rings is 1. The van der Waals surface area contributed by atoms with Gasteiger partial charge in [-0.3, -0.25) is 4.99 Å². The van der Waals surface area contributed by atoms with Crippen LogP contribution in [0.25, 0.3) is 0 Å². The molecule has 5 rings (SSSR count). The first-order chi connectivity index (χ1) is 10.7. The minimum Gasteiger partial charge on any atom is -0.508 e. The molecule has 4 aliphatic rings. The van der Waals surface area contributed by atoms with Gasteiger partial charge in [-0.25, -0.2) is 0 Å².